The molecular weight excluding hydrogens is 237 g/mol. The smallest absolute Gasteiger partial charge is 0.293 e. The van der Waals surface area contributed by atoms with Crippen LogP contribution in [0.4, 0.5) is 10.1 Å². The van der Waals surface area contributed by atoms with Gasteiger partial charge in [-0.3, -0.25) is 0 Å². The summed E-state index contributed by atoms with van der Waals surface area (Å²) in [5.41, 5.74) is 6.34. The molecule has 1 aromatic heterocycles. The average Bonchev–Trinajstić information content (AvgIpc) is 2.35. The zero-order valence-corrected chi connectivity index (χ0v) is 9.13. The fraction of sp³-hybridized carbons (Fsp3) is 0. The summed E-state index contributed by atoms with van der Waals surface area (Å²) in [5.74, 6) is -0.574. The summed E-state index contributed by atoms with van der Waals surface area (Å²) >= 11 is 0. The molecule has 1 heterocycles. The highest BCUT2D eigenvalue weighted by atomic mass is 19.1. The number of aromatic nitrogens is 2. The zero-order valence-electron chi connectivity index (χ0n) is 9.13. The summed E-state index contributed by atoms with van der Waals surface area (Å²) < 4.78 is 14.2. The minimum atomic E-state index is -0.574. The van der Waals surface area contributed by atoms with Crippen molar-refractivity contribution in [3.8, 4) is 0 Å². The highest BCUT2D eigenvalue weighted by Gasteiger charge is 2.21. The molecule has 0 saturated carbocycles. The van der Waals surface area contributed by atoms with Crippen LogP contribution in [0.5, 0.6) is 0 Å². The van der Waals surface area contributed by atoms with Gasteiger partial charge in [0.25, 0.3) is 22.1 Å². The topological polar surface area (TPSA) is 79.9 Å². The molecule has 0 spiro atoms. The summed E-state index contributed by atoms with van der Waals surface area (Å²) in [5, 5.41) is 24.2. The summed E-state index contributed by atoms with van der Waals surface area (Å²) in [6.45, 7) is 0. The number of nitrogens with zero attached hydrogens (tertiary/aromatic N) is 2. The lowest BCUT2D eigenvalue weighted by Gasteiger charge is -2.07. The molecule has 0 aliphatic carbocycles. The van der Waals surface area contributed by atoms with E-state index in [0.717, 1.165) is 12.1 Å². The Balaban J connectivity index is 2.61. The maximum Gasteiger partial charge on any atom is 0.293 e. The van der Waals surface area contributed by atoms with E-state index in [4.69, 9.17) is 5.73 Å². The van der Waals surface area contributed by atoms with Crippen LogP contribution in [0.25, 0.3) is 22.1 Å². The monoisotopic (exact) mass is 245 g/mol. The van der Waals surface area contributed by atoms with Crippen molar-refractivity contribution in [2.45, 2.75) is 0 Å². The van der Waals surface area contributed by atoms with Gasteiger partial charge >= 0.3 is 0 Å². The van der Waals surface area contributed by atoms with Crippen LogP contribution in [0.1, 0.15) is 0 Å². The van der Waals surface area contributed by atoms with Crippen LogP contribution >= 0.6 is 0 Å². The van der Waals surface area contributed by atoms with E-state index in [1.807, 2.05) is 0 Å². The number of hydrogen-bond acceptors (Lipinski definition) is 3. The second kappa shape index (κ2) is 3.43. The van der Waals surface area contributed by atoms with Crippen molar-refractivity contribution >= 4 is 27.8 Å². The Kier molecular flexibility index (Phi) is 2.00. The van der Waals surface area contributed by atoms with Gasteiger partial charge in [0.1, 0.15) is 5.82 Å². The molecule has 0 radical (unpaired) electrons. The molecule has 2 aromatic carbocycles. The summed E-state index contributed by atoms with van der Waals surface area (Å²) in [6.07, 6.45) is 0. The van der Waals surface area contributed by atoms with Crippen molar-refractivity contribution in [1.29, 1.82) is 0 Å². The standard InChI is InChI=1S/C12H8FN3O2/c13-7-1-3-9-11(5-7)16(18)12-6-8(14)2-4-10(12)15(9)17/h1-6H,14H2. The molecule has 3 aromatic rings. The summed E-state index contributed by atoms with van der Waals surface area (Å²) in [7, 11) is 0. The Morgan fingerprint density at radius 2 is 1.39 bits per heavy atom. The Morgan fingerprint density at radius 3 is 2.11 bits per heavy atom. The van der Waals surface area contributed by atoms with Crippen LogP contribution < -0.4 is 15.2 Å². The second-order valence-corrected chi connectivity index (χ2v) is 3.97. The van der Waals surface area contributed by atoms with Crippen LogP contribution in [0, 0.1) is 16.2 Å². The normalized spacial score (nSPS) is 11.2. The van der Waals surface area contributed by atoms with Gasteiger partial charge in [-0.1, -0.05) is 0 Å². The van der Waals surface area contributed by atoms with Gasteiger partial charge in [-0.05, 0) is 12.1 Å². The van der Waals surface area contributed by atoms with E-state index in [-0.39, 0.29) is 22.1 Å². The Hall–Kier alpha value is -2.63. The molecule has 0 saturated heterocycles. The van der Waals surface area contributed by atoms with Crippen molar-refractivity contribution in [3.05, 3.63) is 52.6 Å². The third kappa shape index (κ3) is 1.32. The highest BCUT2D eigenvalue weighted by Crippen LogP contribution is 2.15. The van der Waals surface area contributed by atoms with Gasteiger partial charge in [0.05, 0.1) is 6.07 Å². The fourth-order valence-corrected chi connectivity index (χ4v) is 1.97. The van der Waals surface area contributed by atoms with Crippen molar-refractivity contribution in [2.75, 3.05) is 5.73 Å². The lowest BCUT2D eigenvalue weighted by Crippen LogP contribution is -2.39. The van der Waals surface area contributed by atoms with Crippen molar-refractivity contribution in [1.82, 2.24) is 0 Å². The average molecular weight is 245 g/mol. The molecule has 18 heavy (non-hydrogen) atoms. The molecule has 0 bridgehead atoms. The van der Waals surface area contributed by atoms with E-state index in [2.05, 4.69) is 0 Å². The van der Waals surface area contributed by atoms with E-state index in [0.29, 0.717) is 15.1 Å². The zero-order chi connectivity index (χ0) is 12.9. The number of nitrogen functional groups attached to an aromatic ring is 1. The Labute approximate surface area is 101 Å². The predicted molar refractivity (Wildman–Crippen MR) is 63.7 cm³/mol. The number of anilines is 1. The molecule has 0 aliphatic rings. The van der Waals surface area contributed by atoms with E-state index >= 15 is 0 Å². The molecule has 0 aliphatic heterocycles. The molecule has 0 amide bonds. The van der Waals surface area contributed by atoms with Gasteiger partial charge in [-0.15, -0.1) is 0 Å². The fourth-order valence-electron chi connectivity index (χ4n) is 1.97. The molecule has 3 rings (SSSR count). The van der Waals surface area contributed by atoms with E-state index < -0.39 is 5.82 Å². The van der Waals surface area contributed by atoms with Crippen LogP contribution in [0.3, 0.4) is 0 Å². The molecule has 90 valence electrons. The Bertz CT molecular complexity index is 726. The predicted octanol–water partition coefficient (Wildman–Crippen LogP) is 0.981. The first-order valence-corrected chi connectivity index (χ1v) is 5.21. The first-order chi connectivity index (χ1) is 8.58. The molecule has 5 nitrogen and oxygen atoms in total. The molecular formula is C12H8FN3O2. The first-order valence-electron chi connectivity index (χ1n) is 5.21. The minimum Gasteiger partial charge on any atom is -0.617 e. The lowest BCUT2D eigenvalue weighted by molar-refractivity contribution is -0.591. The van der Waals surface area contributed by atoms with Crippen LogP contribution in [-0.2, 0) is 0 Å². The van der Waals surface area contributed by atoms with Gasteiger partial charge in [-0.2, -0.15) is 9.46 Å². The SMILES string of the molecule is Nc1ccc2c(c1)[n+]([O-])c1cc(F)ccc1[n+]2[O-]. The maximum absolute atomic E-state index is 13.1. The number of nitrogens with two attached hydrogens (primary N) is 1. The van der Waals surface area contributed by atoms with Gasteiger partial charge in [0.15, 0.2) is 0 Å². The van der Waals surface area contributed by atoms with Crippen LogP contribution in [0.2, 0.25) is 0 Å². The number of rotatable bonds is 0. The lowest BCUT2D eigenvalue weighted by atomic mass is 10.2. The van der Waals surface area contributed by atoms with Crippen molar-refractivity contribution < 1.29 is 13.9 Å². The maximum atomic E-state index is 13.1. The van der Waals surface area contributed by atoms with Gasteiger partial charge in [0.2, 0.25) is 0 Å². The van der Waals surface area contributed by atoms with Crippen LogP contribution in [0.15, 0.2) is 36.4 Å². The number of benzene rings is 2. The number of hydrogen-bond donors (Lipinski definition) is 1. The number of halogens is 1. The van der Waals surface area contributed by atoms with Crippen LogP contribution in [-0.4, -0.2) is 0 Å². The largest absolute Gasteiger partial charge is 0.617 e. The molecule has 6 heteroatoms. The third-order valence-corrected chi connectivity index (χ3v) is 2.81. The molecule has 2 N–H and O–H groups in total. The van der Waals surface area contributed by atoms with E-state index in [9.17, 15) is 14.8 Å². The van der Waals surface area contributed by atoms with E-state index in [1.54, 1.807) is 0 Å². The van der Waals surface area contributed by atoms with Crippen molar-refractivity contribution in [3.63, 3.8) is 0 Å². The highest BCUT2D eigenvalue weighted by molar-refractivity contribution is 5.78. The molecule has 0 atom stereocenters. The minimum absolute atomic E-state index is 0.0249. The quantitative estimate of drug-likeness (QED) is 0.277. The summed E-state index contributed by atoms with van der Waals surface area (Å²) in [4.78, 5) is 0. The third-order valence-electron chi connectivity index (χ3n) is 2.81. The van der Waals surface area contributed by atoms with Gasteiger partial charge < -0.3 is 16.1 Å². The second-order valence-electron chi connectivity index (χ2n) is 3.97. The number of fused-ring (bicyclic) bond motifs is 2. The van der Waals surface area contributed by atoms with Crippen molar-refractivity contribution in [2.24, 2.45) is 0 Å². The Morgan fingerprint density at radius 1 is 0.833 bits per heavy atom. The first kappa shape index (κ1) is 10.5. The van der Waals surface area contributed by atoms with Gasteiger partial charge in [-0.25, -0.2) is 4.39 Å². The molecule has 0 fully saturated rings. The molecule has 0 unspecified atom stereocenters. The summed E-state index contributed by atoms with van der Waals surface area (Å²) in [6, 6.07) is 7.84. The van der Waals surface area contributed by atoms with Gasteiger partial charge in [0, 0.05) is 23.9 Å². The van der Waals surface area contributed by atoms with E-state index in [1.165, 1.54) is 24.3 Å².